The van der Waals surface area contributed by atoms with Crippen molar-refractivity contribution in [1.29, 1.82) is 0 Å². The van der Waals surface area contributed by atoms with Crippen LogP contribution in [0.4, 0.5) is 0 Å². The van der Waals surface area contributed by atoms with Gasteiger partial charge in [-0.05, 0) is 72.2 Å². The Morgan fingerprint density at radius 3 is 1.30 bits per heavy atom. The van der Waals surface area contributed by atoms with Crippen molar-refractivity contribution in [3.05, 3.63) is 92.7 Å². The third-order valence-electron chi connectivity index (χ3n) is 7.45. The van der Waals surface area contributed by atoms with Crippen LogP contribution < -0.4 is 0 Å². The van der Waals surface area contributed by atoms with E-state index in [1.165, 1.54) is 112 Å². The molecular formula is C36H36S4. The van der Waals surface area contributed by atoms with Crippen molar-refractivity contribution in [2.24, 2.45) is 0 Å². The Balaban J connectivity index is 1.14. The zero-order valence-electron chi connectivity index (χ0n) is 23.4. The van der Waals surface area contributed by atoms with Crippen LogP contribution >= 0.6 is 45.3 Å². The number of unbranched alkanes of at least 4 members (excludes halogenated alkanes) is 4. The number of fused-ring (bicyclic) bond motifs is 5. The summed E-state index contributed by atoms with van der Waals surface area (Å²) >= 11 is 7.79. The Kier molecular flexibility index (Phi) is 8.98. The highest BCUT2D eigenvalue weighted by molar-refractivity contribution is 7.44. The molecule has 0 nitrogen and oxygen atoms in total. The fourth-order valence-corrected chi connectivity index (χ4v) is 10.6. The molecular weight excluding hydrogens is 561 g/mol. The van der Waals surface area contributed by atoms with E-state index in [1.807, 2.05) is 45.3 Å². The second-order valence-corrected chi connectivity index (χ2v) is 14.9. The van der Waals surface area contributed by atoms with Gasteiger partial charge >= 0.3 is 0 Å². The lowest BCUT2D eigenvalue weighted by atomic mass is 10.1. The summed E-state index contributed by atoms with van der Waals surface area (Å²) in [6.45, 7) is 4.53. The normalized spacial score (nSPS) is 12.3. The standard InChI is InChI=1S/C36H36S4/c1-3-5-7-9-25-11-15-27(16-12-25)19-21-29-23-31-33(37-29)35-36(39-31)34-32(40-35)24-30(38-34)22-20-28-17-13-26(14-18-28)10-8-6-4-2/h11-24H,3-10H2,1-2H3/b21-19+,22-20+. The van der Waals surface area contributed by atoms with E-state index >= 15 is 0 Å². The smallest absolute Gasteiger partial charge is 0.0650 e. The van der Waals surface area contributed by atoms with E-state index in [9.17, 15) is 0 Å². The predicted molar refractivity (Wildman–Crippen MR) is 188 cm³/mol. The summed E-state index contributed by atoms with van der Waals surface area (Å²) in [7, 11) is 0. The number of hydrogen-bond donors (Lipinski definition) is 0. The van der Waals surface area contributed by atoms with Gasteiger partial charge in [0, 0.05) is 19.2 Å². The summed E-state index contributed by atoms with van der Waals surface area (Å²) in [4.78, 5) is 2.68. The van der Waals surface area contributed by atoms with E-state index in [4.69, 9.17) is 0 Å². The first-order valence-electron chi connectivity index (χ1n) is 14.6. The highest BCUT2D eigenvalue weighted by atomic mass is 32.1. The average Bonchev–Trinajstić information content (AvgIpc) is 3.71. The van der Waals surface area contributed by atoms with Gasteiger partial charge in [0.25, 0.3) is 0 Å². The molecule has 0 saturated heterocycles. The molecule has 40 heavy (non-hydrogen) atoms. The lowest BCUT2D eigenvalue weighted by Gasteiger charge is -2.01. The van der Waals surface area contributed by atoms with Gasteiger partial charge in [0.05, 0.1) is 18.8 Å². The first-order chi connectivity index (χ1) is 19.7. The minimum absolute atomic E-state index is 1.19. The lowest BCUT2D eigenvalue weighted by molar-refractivity contribution is 0.717. The number of benzene rings is 2. The number of aryl methyl sites for hydroxylation is 2. The van der Waals surface area contributed by atoms with Gasteiger partial charge in [-0.2, -0.15) is 0 Å². The molecule has 0 unspecified atom stereocenters. The second kappa shape index (κ2) is 13.0. The average molecular weight is 597 g/mol. The SMILES string of the molecule is CCCCCc1ccc(/C=C/c2cc3sc4c5sc(/C=C/c6ccc(CCCCC)cc6)cc5sc4c3s2)cc1. The minimum Gasteiger partial charge on any atom is -0.133 e. The number of thiophene rings is 4. The van der Waals surface area contributed by atoms with Crippen molar-refractivity contribution in [2.45, 2.75) is 65.2 Å². The topological polar surface area (TPSA) is 0 Å². The fourth-order valence-electron chi connectivity index (χ4n) is 5.13. The van der Waals surface area contributed by atoms with Crippen molar-refractivity contribution in [3.63, 3.8) is 0 Å². The van der Waals surface area contributed by atoms with E-state index in [1.54, 1.807) is 0 Å². The Hall–Kier alpha value is -2.50. The highest BCUT2D eigenvalue weighted by Gasteiger charge is 2.16. The summed E-state index contributed by atoms with van der Waals surface area (Å²) in [5.74, 6) is 0. The van der Waals surface area contributed by atoms with Gasteiger partial charge in [0.1, 0.15) is 0 Å². The van der Waals surface area contributed by atoms with Crippen molar-refractivity contribution in [2.75, 3.05) is 0 Å². The Morgan fingerprint density at radius 2 is 0.900 bits per heavy atom. The summed E-state index contributed by atoms with van der Waals surface area (Å²) in [5.41, 5.74) is 5.46. The molecule has 0 aliphatic carbocycles. The fraction of sp³-hybridized carbons (Fsp3) is 0.278. The van der Waals surface area contributed by atoms with Crippen LogP contribution in [0.15, 0.2) is 60.7 Å². The molecule has 0 bridgehead atoms. The first-order valence-corrected chi connectivity index (χ1v) is 17.9. The third-order valence-corrected chi connectivity index (χ3v) is 12.6. The van der Waals surface area contributed by atoms with Gasteiger partial charge in [0.15, 0.2) is 0 Å². The number of rotatable bonds is 12. The van der Waals surface area contributed by atoms with Crippen molar-refractivity contribution in [3.8, 4) is 0 Å². The molecule has 0 amide bonds. The van der Waals surface area contributed by atoms with Gasteiger partial charge in [-0.25, -0.2) is 0 Å². The zero-order valence-corrected chi connectivity index (χ0v) is 26.6. The summed E-state index contributed by atoms with van der Waals surface area (Å²) in [6.07, 6.45) is 19.2. The van der Waals surface area contributed by atoms with Gasteiger partial charge in [-0.15, -0.1) is 45.3 Å². The van der Waals surface area contributed by atoms with Crippen LogP contribution in [0.3, 0.4) is 0 Å². The summed E-state index contributed by atoms with van der Waals surface area (Å²) < 4.78 is 8.69. The van der Waals surface area contributed by atoms with E-state index in [0.717, 1.165) is 0 Å². The lowest BCUT2D eigenvalue weighted by Crippen LogP contribution is -1.85. The van der Waals surface area contributed by atoms with Crippen LogP contribution in [0.25, 0.3) is 52.5 Å². The van der Waals surface area contributed by atoms with Crippen LogP contribution in [0, 0.1) is 0 Å². The maximum Gasteiger partial charge on any atom is 0.0650 e. The van der Waals surface area contributed by atoms with E-state index < -0.39 is 0 Å². The molecule has 0 atom stereocenters. The molecule has 2 aromatic carbocycles. The van der Waals surface area contributed by atoms with Gasteiger partial charge in [-0.1, -0.05) is 100 Å². The summed E-state index contributed by atoms with van der Waals surface area (Å²) in [5, 5.41) is 0. The Labute approximate surface area is 254 Å². The maximum atomic E-state index is 2.37. The third kappa shape index (κ3) is 6.36. The van der Waals surface area contributed by atoms with Crippen LogP contribution in [0.2, 0.25) is 0 Å². The van der Waals surface area contributed by atoms with Crippen LogP contribution in [0.5, 0.6) is 0 Å². The van der Waals surface area contributed by atoms with E-state index in [0.29, 0.717) is 0 Å². The van der Waals surface area contributed by atoms with Gasteiger partial charge in [0.2, 0.25) is 0 Å². The predicted octanol–water partition coefficient (Wildman–Crippen LogP) is 13.2. The molecule has 0 aliphatic heterocycles. The van der Waals surface area contributed by atoms with Gasteiger partial charge in [-0.3, -0.25) is 0 Å². The molecule has 0 aliphatic rings. The molecule has 0 radical (unpaired) electrons. The highest BCUT2D eigenvalue weighted by Crippen LogP contribution is 2.50. The molecule has 0 fully saturated rings. The van der Waals surface area contributed by atoms with Crippen LogP contribution in [-0.4, -0.2) is 0 Å². The molecule has 4 aromatic heterocycles. The molecule has 6 aromatic rings. The zero-order chi connectivity index (χ0) is 27.3. The molecule has 0 saturated carbocycles. The quantitative estimate of drug-likeness (QED) is 0.123. The van der Waals surface area contributed by atoms with E-state index in [2.05, 4.69) is 98.8 Å². The molecule has 4 heterocycles. The van der Waals surface area contributed by atoms with Crippen molar-refractivity contribution < 1.29 is 0 Å². The number of hydrogen-bond acceptors (Lipinski definition) is 4. The first kappa shape index (κ1) is 27.7. The molecule has 4 heteroatoms. The summed E-state index contributed by atoms with van der Waals surface area (Å²) in [6, 6.07) is 22.9. The molecule has 6 rings (SSSR count). The Bertz CT molecular complexity index is 1620. The largest absolute Gasteiger partial charge is 0.133 e. The van der Waals surface area contributed by atoms with Gasteiger partial charge < -0.3 is 0 Å². The Morgan fingerprint density at radius 1 is 0.475 bits per heavy atom. The maximum absolute atomic E-state index is 2.37. The molecule has 0 spiro atoms. The van der Waals surface area contributed by atoms with Crippen LogP contribution in [-0.2, 0) is 12.8 Å². The second-order valence-electron chi connectivity index (χ2n) is 10.6. The van der Waals surface area contributed by atoms with Crippen LogP contribution in [0.1, 0.15) is 84.4 Å². The van der Waals surface area contributed by atoms with Crippen molar-refractivity contribution in [1.82, 2.24) is 0 Å². The van der Waals surface area contributed by atoms with E-state index in [-0.39, 0.29) is 0 Å². The molecule has 204 valence electrons. The monoisotopic (exact) mass is 596 g/mol. The van der Waals surface area contributed by atoms with Crippen molar-refractivity contribution >= 4 is 97.9 Å². The molecule has 0 N–H and O–H groups in total. The minimum atomic E-state index is 1.19.